The van der Waals surface area contributed by atoms with Crippen molar-refractivity contribution >= 4 is 43.6 Å². The Hall–Kier alpha value is 0.730. The van der Waals surface area contributed by atoms with Gasteiger partial charge in [0, 0.05) is 6.42 Å². The summed E-state index contributed by atoms with van der Waals surface area (Å²) >= 11 is 0. The van der Waals surface area contributed by atoms with Gasteiger partial charge in [0.1, 0.15) is 0 Å². The van der Waals surface area contributed by atoms with Gasteiger partial charge in [-0.15, -0.1) is 0 Å². The maximum Gasteiger partial charge on any atom is 2.00 e. The van der Waals surface area contributed by atoms with E-state index < -0.39 is 0 Å². The molecule has 0 aromatic heterocycles. The standard InChI is InChI=1S/C12H25NO.Ca.2H/c1-2-3-4-5-6-7-8-9-10-11-12(13)14;;;/h2-11H2,1H3,(H2,13,14);;;/q;+2;2*-1. The van der Waals surface area contributed by atoms with Crippen molar-refractivity contribution in [2.75, 3.05) is 0 Å². The number of rotatable bonds is 10. The summed E-state index contributed by atoms with van der Waals surface area (Å²) in [6.07, 6.45) is 12.1. The number of primary amides is 1. The van der Waals surface area contributed by atoms with Gasteiger partial charge in [-0.25, -0.2) is 0 Å². The molecule has 2 nitrogen and oxygen atoms in total. The van der Waals surface area contributed by atoms with Gasteiger partial charge in [-0.3, -0.25) is 4.79 Å². The maximum atomic E-state index is 10.4. The number of carbonyl (C=O) groups excluding carboxylic acids is 1. The van der Waals surface area contributed by atoms with Crippen LogP contribution in [0.1, 0.15) is 74.0 Å². The van der Waals surface area contributed by atoms with Gasteiger partial charge in [0.05, 0.1) is 0 Å². The Morgan fingerprint density at radius 1 is 0.933 bits per heavy atom. The van der Waals surface area contributed by atoms with Gasteiger partial charge in [0.15, 0.2) is 0 Å². The maximum absolute atomic E-state index is 10.4. The molecule has 0 rings (SSSR count). The Morgan fingerprint density at radius 2 is 1.33 bits per heavy atom. The summed E-state index contributed by atoms with van der Waals surface area (Å²) in [7, 11) is 0. The van der Waals surface area contributed by atoms with Gasteiger partial charge in [-0.05, 0) is 6.42 Å². The van der Waals surface area contributed by atoms with Crippen LogP contribution in [0.2, 0.25) is 0 Å². The number of carbonyl (C=O) groups is 1. The summed E-state index contributed by atoms with van der Waals surface area (Å²) in [5.41, 5.74) is 5.05. The van der Waals surface area contributed by atoms with Crippen LogP contribution in [0.15, 0.2) is 0 Å². The Balaban J connectivity index is -0.000000282. The van der Waals surface area contributed by atoms with Crippen molar-refractivity contribution in [2.45, 2.75) is 71.1 Å². The van der Waals surface area contributed by atoms with E-state index in [1.165, 1.54) is 44.9 Å². The summed E-state index contributed by atoms with van der Waals surface area (Å²) < 4.78 is 0. The van der Waals surface area contributed by atoms with E-state index in [4.69, 9.17) is 5.73 Å². The molecule has 0 fully saturated rings. The quantitative estimate of drug-likeness (QED) is 0.463. The number of hydrogen-bond donors (Lipinski definition) is 1. The Morgan fingerprint density at radius 3 is 1.73 bits per heavy atom. The first-order chi connectivity index (χ1) is 6.77. The van der Waals surface area contributed by atoms with Crippen LogP contribution in [0.5, 0.6) is 0 Å². The normalized spacial score (nSPS) is 9.67. The van der Waals surface area contributed by atoms with Gasteiger partial charge in [-0.1, -0.05) is 58.3 Å². The van der Waals surface area contributed by atoms with Crippen LogP contribution < -0.4 is 5.73 Å². The first-order valence-electron chi connectivity index (χ1n) is 6.05. The average molecular weight is 241 g/mol. The van der Waals surface area contributed by atoms with E-state index in [1.54, 1.807) is 0 Å². The summed E-state index contributed by atoms with van der Waals surface area (Å²) in [5, 5.41) is 0. The molecule has 0 aliphatic carbocycles. The molecule has 0 spiro atoms. The van der Waals surface area contributed by atoms with Crippen molar-refractivity contribution in [3.8, 4) is 0 Å². The van der Waals surface area contributed by atoms with Gasteiger partial charge in [0.25, 0.3) is 0 Å². The second kappa shape index (κ2) is 14.7. The molecule has 2 N–H and O–H groups in total. The van der Waals surface area contributed by atoms with Crippen LogP contribution in [0.3, 0.4) is 0 Å². The number of nitrogens with two attached hydrogens (primary N) is 1. The average Bonchev–Trinajstić information content (AvgIpc) is 2.15. The Kier molecular flexibility index (Phi) is 17.8. The monoisotopic (exact) mass is 241 g/mol. The zero-order chi connectivity index (χ0) is 10.6. The Bertz CT molecular complexity index is 148. The first kappa shape index (κ1) is 18.1. The molecule has 0 aromatic rings. The number of amides is 1. The topological polar surface area (TPSA) is 43.1 Å². The van der Waals surface area contributed by atoms with E-state index in [-0.39, 0.29) is 46.5 Å². The largest absolute Gasteiger partial charge is 2.00 e. The van der Waals surface area contributed by atoms with Crippen molar-refractivity contribution < 1.29 is 7.65 Å². The molecule has 1 amide bonds. The third-order valence-corrected chi connectivity index (χ3v) is 2.53. The minimum Gasteiger partial charge on any atom is -1.00 e. The van der Waals surface area contributed by atoms with E-state index in [0.29, 0.717) is 6.42 Å². The van der Waals surface area contributed by atoms with Crippen LogP contribution in [0.25, 0.3) is 0 Å². The summed E-state index contributed by atoms with van der Waals surface area (Å²) in [4.78, 5) is 10.4. The van der Waals surface area contributed by atoms with Crippen LogP contribution in [-0.4, -0.2) is 43.6 Å². The molecule has 0 saturated carbocycles. The van der Waals surface area contributed by atoms with Gasteiger partial charge in [0.2, 0.25) is 5.91 Å². The zero-order valence-corrected chi connectivity index (χ0v) is 12.5. The molecule has 0 aliphatic heterocycles. The minimum absolute atomic E-state index is 0. The predicted octanol–water partition coefficient (Wildman–Crippen LogP) is 3.24. The smallest absolute Gasteiger partial charge is 1.00 e. The van der Waals surface area contributed by atoms with Crippen LogP contribution >= 0.6 is 0 Å². The summed E-state index contributed by atoms with van der Waals surface area (Å²) in [6, 6.07) is 0. The van der Waals surface area contributed by atoms with Crippen LogP contribution in [-0.2, 0) is 4.79 Å². The fraction of sp³-hybridized carbons (Fsp3) is 0.917. The van der Waals surface area contributed by atoms with Gasteiger partial charge >= 0.3 is 37.7 Å². The van der Waals surface area contributed by atoms with Crippen molar-refractivity contribution in [3.63, 3.8) is 0 Å². The second-order valence-electron chi connectivity index (χ2n) is 4.04. The minimum atomic E-state index is -0.159. The van der Waals surface area contributed by atoms with Crippen molar-refractivity contribution in [1.29, 1.82) is 0 Å². The third kappa shape index (κ3) is 17.3. The van der Waals surface area contributed by atoms with E-state index in [1.807, 2.05) is 0 Å². The van der Waals surface area contributed by atoms with Crippen LogP contribution in [0.4, 0.5) is 0 Å². The fourth-order valence-corrected chi connectivity index (χ4v) is 1.61. The van der Waals surface area contributed by atoms with Gasteiger partial charge in [-0.2, -0.15) is 0 Å². The molecule has 3 heteroatoms. The fourth-order valence-electron chi connectivity index (χ4n) is 1.61. The molecule has 0 bridgehead atoms. The molecule has 0 saturated heterocycles. The zero-order valence-electron chi connectivity index (χ0n) is 12.3. The number of unbranched alkanes of at least 4 members (excludes halogenated alkanes) is 8. The number of hydrogen-bond acceptors (Lipinski definition) is 1. The van der Waals surface area contributed by atoms with E-state index in [9.17, 15) is 4.79 Å². The molecule has 0 heterocycles. The third-order valence-electron chi connectivity index (χ3n) is 2.53. The predicted molar refractivity (Wildman–Crippen MR) is 69.0 cm³/mol. The summed E-state index contributed by atoms with van der Waals surface area (Å²) in [6.45, 7) is 2.24. The van der Waals surface area contributed by atoms with E-state index in [0.717, 1.165) is 12.8 Å². The molecule has 0 aliphatic rings. The SMILES string of the molecule is CCCCCCCCCCCC(N)=O.[Ca+2].[H-].[H-]. The first-order valence-corrected chi connectivity index (χ1v) is 6.05. The summed E-state index contributed by atoms with van der Waals surface area (Å²) in [5.74, 6) is -0.159. The van der Waals surface area contributed by atoms with Crippen LogP contribution in [0, 0.1) is 0 Å². The second-order valence-corrected chi connectivity index (χ2v) is 4.04. The molecule has 0 atom stereocenters. The van der Waals surface area contributed by atoms with Crippen molar-refractivity contribution in [1.82, 2.24) is 0 Å². The van der Waals surface area contributed by atoms with Crippen molar-refractivity contribution in [3.05, 3.63) is 0 Å². The molecular formula is C12H27CaNO. The molecule has 0 radical (unpaired) electrons. The molecule has 0 aromatic carbocycles. The van der Waals surface area contributed by atoms with E-state index >= 15 is 0 Å². The molecule has 0 unspecified atom stereocenters. The van der Waals surface area contributed by atoms with Gasteiger partial charge < -0.3 is 8.59 Å². The molecule has 88 valence electrons. The Labute approximate surface area is 127 Å². The van der Waals surface area contributed by atoms with E-state index in [2.05, 4.69) is 6.92 Å². The van der Waals surface area contributed by atoms with Crippen molar-refractivity contribution in [2.24, 2.45) is 5.73 Å². The molecular weight excluding hydrogens is 214 g/mol. The molecule has 15 heavy (non-hydrogen) atoms.